The maximum absolute atomic E-state index is 12.7. The highest BCUT2D eigenvalue weighted by Gasteiger charge is 2.26. The molecule has 0 saturated carbocycles. The monoisotopic (exact) mass is 1030 g/mol. The summed E-state index contributed by atoms with van der Waals surface area (Å²) in [4.78, 5) is 35.2. The number of hydrogen-bond donors (Lipinski definition) is 2. The zero-order valence-corrected chi connectivity index (χ0v) is 48.1. The van der Waals surface area contributed by atoms with Gasteiger partial charge in [-0.25, -0.2) is 4.57 Å². The van der Waals surface area contributed by atoms with Crippen LogP contribution in [-0.4, -0.2) is 49.3 Å². The number of hydrogen-bond acceptors (Lipinski definition) is 8. The van der Waals surface area contributed by atoms with E-state index >= 15 is 0 Å². The van der Waals surface area contributed by atoms with Crippen LogP contribution in [-0.2, 0) is 32.7 Å². The molecule has 0 rings (SSSR count). The third kappa shape index (κ3) is 57.3. The third-order valence-corrected chi connectivity index (χ3v) is 14.5. The number of phosphoric ester groups is 1. The summed E-state index contributed by atoms with van der Waals surface area (Å²) in [6.45, 7) is 3.69. The van der Waals surface area contributed by atoms with Crippen molar-refractivity contribution in [2.75, 3.05) is 26.4 Å². The van der Waals surface area contributed by atoms with Crippen molar-refractivity contribution < 1.29 is 37.6 Å². The molecule has 0 amide bonds. The van der Waals surface area contributed by atoms with Crippen LogP contribution >= 0.6 is 7.82 Å². The number of phosphoric acid groups is 1. The Labute approximate surface area is 445 Å². The molecule has 0 aromatic heterocycles. The molecule has 0 bridgehead atoms. The van der Waals surface area contributed by atoms with Gasteiger partial charge in [0.1, 0.15) is 6.61 Å². The van der Waals surface area contributed by atoms with E-state index in [1.54, 1.807) is 0 Å². The van der Waals surface area contributed by atoms with E-state index in [0.717, 1.165) is 64.2 Å². The molecule has 72 heavy (non-hydrogen) atoms. The van der Waals surface area contributed by atoms with Crippen LogP contribution in [0.15, 0.2) is 48.6 Å². The molecule has 0 aromatic rings. The number of carbonyl (C=O) groups is 2. The van der Waals surface area contributed by atoms with Gasteiger partial charge in [0.15, 0.2) is 6.10 Å². The molecule has 3 N–H and O–H groups in total. The van der Waals surface area contributed by atoms with Crippen LogP contribution in [0.1, 0.15) is 303 Å². The molecule has 0 aliphatic carbocycles. The first-order valence-electron chi connectivity index (χ1n) is 30.6. The topological polar surface area (TPSA) is 134 Å². The van der Waals surface area contributed by atoms with Crippen LogP contribution in [0.2, 0.25) is 0 Å². The van der Waals surface area contributed by atoms with Crippen molar-refractivity contribution in [2.45, 2.75) is 309 Å². The lowest BCUT2D eigenvalue weighted by Crippen LogP contribution is -2.29. The summed E-state index contributed by atoms with van der Waals surface area (Å²) in [5.41, 5.74) is 5.39. The predicted molar refractivity (Wildman–Crippen MR) is 307 cm³/mol. The number of allylic oxidation sites excluding steroid dienone is 8. The molecular weight excluding hydrogens is 918 g/mol. The first-order valence-corrected chi connectivity index (χ1v) is 32.1. The minimum Gasteiger partial charge on any atom is -0.462 e. The molecule has 0 aliphatic heterocycles. The van der Waals surface area contributed by atoms with E-state index in [-0.39, 0.29) is 38.6 Å². The molecule has 0 aromatic carbocycles. The average Bonchev–Trinajstić information content (AvgIpc) is 3.37. The van der Waals surface area contributed by atoms with Crippen molar-refractivity contribution >= 4 is 19.8 Å². The molecule has 10 heteroatoms. The van der Waals surface area contributed by atoms with Crippen LogP contribution in [0, 0.1) is 0 Å². The minimum atomic E-state index is -4.39. The molecule has 0 saturated heterocycles. The van der Waals surface area contributed by atoms with Crippen molar-refractivity contribution in [3.63, 3.8) is 0 Å². The van der Waals surface area contributed by atoms with Crippen LogP contribution in [0.5, 0.6) is 0 Å². The summed E-state index contributed by atoms with van der Waals surface area (Å²) >= 11 is 0. The Balaban J connectivity index is 3.90. The van der Waals surface area contributed by atoms with Crippen LogP contribution in [0.25, 0.3) is 0 Å². The smallest absolute Gasteiger partial charge is 0.462 e. The molecule has 2 unspecified atom stereocenters. The van der Waals surface area contributed by atoms with Gasteiger partial charge < -0.3 is 20.1 Å². The molecule has 2 atom stereocenters. The number of nitrogens with two attached hydrogens (primary N) is 1. The summed E-state index contributed by atoms with van der Waals surface area (Å²) < 4.78 is 33.1. The van der Waals surface area contributed by atoms with Crippen molar-refractivity contribution in [1.29, 1.82) is 0 Å². The number of esters is 2. The Morgan fingerprint density at radius 2 is 0.764 bits per heavy atom. The predicted octanol–water partition coefficient (Wildman–Crippen LogP) is 19.4. The van der Waals surface area contributed by atoms with Gasteiger partial charge in [-0.1, -0.05) is 287 Å². The fourth-order valence-electron chi connectivity index (χ4n) is 8.98. The lowest BCUT2D eigenvalue weighted by molar-refractivity contribution is -0.161. The van der Waals surface area contributed by atoms with E-state index in [2.05, 4.69) is 62.5 Å². The highest BCUT2D eigenvalue weighted by atomic mass is 31.2. The second-order valence-corrected chi connectivity index (χ2v) is 22.0. The first kappa shape index (κ1) is 70.0. The van der Waals surface area contributed by atoms with Gasteiger partial charge in [0.2, 0.25) is 0 Å². The van der Waals surface area contributed by atoms with Crippen molar-refractivity contribution in [3.05, 3.63) is 48.6 Å². The molecule has 9 nitrogen and oxygen atoms in total. The summed E-state index contributed by atoms with van der Waals surface area (Å²) in [7, 11) is -4.39. The van der Waals surface area contributed by atoms with Gasteiger partial charge in [0.25, 0.3) is 0 Å². The third-order valence-electron chi connectivity index (χ3n) is 13.5. The highest BCUT2D eigenvalue weighted by Crippen LogP contribution is 2.43. The molecule has 0 heterocycles. The van der Waals surface area contributed by atoms with Gasteiger partial charge in [0, 0.05) is 19.4 Å². The Hall–Kier alpha value is -2.03. The molecule has 0 fully saturated rings. The van der Waals surface area contributed by atoms with Gasteiger partial charge in [0.05, 0.1) is 13.2 Å². The molecule has 0 spiro atoms. The average molecular weight is 1030 g/mol. The quantitative estimate of drug-likeness (QED) is 0.0264. The number of unbranched alkanes of at least 4 members (excludes halogenated alkanes) is 37. The fraction of sp³-hybridized carbons (Fsp3) is 0.839. The molecule has 0 aliphatic rings. The van der Waals surface area contributed by atoms with Crippen molar-refractivity contribution in [3.8, 4) is 0 Å². The normalized spacial score (nSPS) is 13.3. The van der Waals surface area contributed by atoms with Gasteiger partial charge in [-0.3, -0.25) is 18.6 Å². The zero-order chi connectivity index (χ0) is 52.4. The molecule has 422 valence electrons. The second-order valence-electron chi connectivity index (χ2n) is 20.6. The lowest BCUT2D eigenvalue weighted by Gasteiger charge is -2.19. The summed E-state index contributed by atoms with van der Waals surface area (Å²) in [6, 6.07) is 0. The lowest BCUT2D eigenvalue weighted by atomic mass is 10.0. The van der Waals surface area contributed by atoms with Crippen molar-refractivity contribution in [2.24, 2.45) is 5.73 Å². The molecule has 0 radical (unpaired) electrons. The summed E-state index contributed by atoms with van der Waals surface area (Å²) in [5.74, 6) is -0.811. The van der Waals surface area contributed by atoms with E-state index in [1.807, 2.05) is 0 Å². The highest BCUT2D eigenvalue weighted by molar-refractivity contribution is 7.47. The maximum Gasteiger partial charge on any atom is 0.472 e. The largest absolute Gasteiger partial charge is 0.472 e. The number of carbonyl (C=O) groups excluding carboxylic acids is 2. The Morgan fingerprint density at radius 1 is 0.431 bits per heavy atom. The maximum atomic E-state index is 12.7. The van der Waals surface area contributed by atoms with Crippen LogP contribution in [0.3, 0.4) is 0 Å². The van der Waals surface area contributed by atoms with Gasteiger partial charge in [-0.05, 0) is 51.4 Å². The Bertz CT molecular complexity index is 1320. The zero-order valence-electron chi connectivity index (χ0n) is 47.2. The first-order chi connectivity index (χ1) is 35.3. The Kier molecular flexibility index (Phi) is 56.6. The van der Waals surface area contributed by atoms with Crippen LogP contribution < -0.4 is 5.73 Å². The van der Waals surface area contributed by atoms with Gasteiger partial charge >= 0.3 is 19.8 Å². The van der Waals surface area contributed by atoms with Crippen LogP contribution in [0.4, 0.5) is 0 Å². The standard InChI is InChI=1S/C62H116NO8P/c1-3-5-7-9-11-13-15-17-19-21-23-25-27-28-29-30-31-32-33-35-37-39-41-43-45-47-49-51-53-55-62(65)71-60(59-70-72(66,67)69-57-56-63)58-68-61(64)54-52-50-48-46-44-42-40-38-36-34-26-24-22-20-18-16-14-12-10-8-6-4-2/h5,7,11,13,17,19,23,25,60H,3-4,6,8-10,12,14-16,18,20-22,24,26-59,63H2,1-2H3,(H,66,67)/b7-5-,13-11-,19-17-,25-23-. The van der Waals surface area contributed by atoms with E-state index in [0.29, 0.717) is 6.42 Å². The summed E-state index contributed by atoms with van der Waals surface area (Å²) in [6.07, 6.45) is 71.8. The minimum absolute atomic E-state index is 0.0549. The summed E-state index contributed by atoms with van der Waals surface area (Å²) in [5, 5.41) is 0. The van der Waals surface area contributed by atoms with E-state index in [9.17, 15) is 19.0 Å². The molecular formula is C62H116NO8P. The van der Waals surface area contributed by atoms with E-state index in [1.165, 1.54) is 205 Å². The van der Waals surface area contributed by atoms with Gasteiger partial charge in [-0.15, -0.1) is 0 Å². The number of ether oxygens (including phenoxy) is 2. The van der Waals surface area contributed by atoms with E-state index < -0.39 is 26.5 Å². The fourth-order valence-corrected chi connectivity index (χ4v) is 9.75. The SMILES string of the molecule is CC/C=C\C/C=C\C/C=C\C/C=C\CCCCCCCCCCCCCCCCCCC(=O)OC(COC(=O)CCCCCCCCCCCCCCCCCCCCCCCC)COP(=O)(O)OCCN. The number of rotatable bonds is 58. The Morgan fingerprint density at radius 3 is 1.14 bits per heavy atom. The second kappa shape index (κ2) is 58.2. The van der Waals surface area contributed by atoms with Crippen molar-refractivity contribution in [1.82, 2.24) is 0 Å². The van der Waals surface area contributed by atoms with Gasteiger partial charge in [-0.2, -0.15) is 0 Å². The van der Waals surface area contributed by atoms with E-state index in [4.69, 9.17) is 24.3 Å².